The van der Waals surface area contributed by atoms with E-state index in [-0.39, 0.29) is 5.92 Å². The predicted molar refractivity (Wildman–Crippen MR) is 74.4 cm³/mol. The third-order valence-corrected chi connectivity index (χ3v) is 3.22. The van der Waals surface area contributed by atoms with E-state index in [1.807, 2.05) is 6.92 Å². The van der Waals surface area contributed by atoms with Crippen molar-refractivity contribution in [3.63, 3.8) is 0 Å². The van der Waals surface area contributed by atoms with E-state index in [4.69, 9.17) is 25.5 Å². The summed E-state index contributed by atoms with van der Waals surface area (Å²) >= 11 is 5.74. The van der Waals surface area contributed by atoms with Crippen LogP contribution in [0.2, 0.25) is 0 Å². The van der Waals surface area contributed by atoms with Gasteiger partial charge in [-0.2, -0.15) is 0 Å². The summed E-state index contributed by atoms with van der Waals surface area (Å²) in [5.41, 5.74) is 0.0829. The highest BCUT2D eigenvalue weighted by Crippen LogP contribution is 2.32. The smallest absolute Gasteiger partial charge is 0.336 e. The van der Waals surface area contributed by atoms with Crippen LogP contribution in [0.1, 0.15) is 6.92 Å². The van der Waals surface area contributed by atoms with Gasteiger partial charge in [0.05, 0.1) is 13.7 Å². The van der Waals surface area contributed by atoms with Gasteiger partial charge in [0.15, 0.2) is 11.5 Å². The van der Waals surface area contributed by atoms with Crippen LogP contribution in [0.3, 0.4) is 0 Å². The van der Waals surface area contributed by atoms with Crippen LogP contribution in [0.4, 0.5) is 0 Å². The SMILES string of the molecule is COc1cc2ccc(=O)oc2cc1OCC(C)CCl. The topological polar surface area (TPSA) is 48.7 Å². The quantitative estimate of drug-likeness (QED) is 0.625. The van der Waals surface area contributed by atoms with Crippen molar-refractivity contribution in [3.05, 3.63) is 34.7 Å². The molecule has 102 valence electrons. The molecule has 5 heteroatoms. The van der Waals surface area contributed by atoms with E-state index in [1.165, 1.54) is 6.07 Å². The fourth-order valence-corrected chi connectivity index (χ4v) is 1.71. The molecule has 0 saturated heterocycles. The molecule has 2 rings (SSSR count). The lowest BCUT2D eigenvalue weighted by atomic mass is 10.2. The zero-order valence-electron chi connectivity index (χ0n) is 10.8. The molecule has 0 aliphatic rings. The first kappa shape index (κ1) is 13.7. The van der Waals surface area contributed by atoms with Crippen molar-refractivity contribution in [3.8, 4) is 11.5 Å². The molecular formula is C14H15ClO4. The number of rotatable bonds is 5. The predicted octanol–water partition coefficient (Wildman–Crippen LogP) is 3.06. The minimum Gasteiger partial charge on any atom is -0.493 e. The first-order valence-electron chi connectivity index (χ1n) is 5.94. The highest BCUT2D eigenvalue weighted by molar-refractivity contribution is 6.18. The average Bonchev–Trinajstić information content (AvgIpc) is 2.43. The van der Waals surface area contributed by atoms with Crippen LogP contribution >= 0.6 is 11.6 Å². The summed E-state index contributed by atoms with van der Waals surface area (Å²) in [4.78, 5) is 11.2. The summed E-state index contributed by atoms with van der Waals surface area (Å²) in [7, 11) is 1.57. The molecule has 0 fully saturated rings. The highest BCUT2D eigenvalue weighted by atomic mass is 35.5. The highest BCUT2D eigenvalue weighted by Gasteiger charge is 2.10. The van der Waals surface area contributed by atoms with Crippen LogP contribution in [0.15, 0.2) is 33.5 Å². The number of hydrogen-bond donors (Lipinski definition) is 0. The van der Waals surface area contributed by atoms with Crippen LogP contribution in [-0.4, -0.2) is 19.6 Å². The van der Waals surface area contributed by atoms with Gasteiger partial charge in [0.25, 0.3) is 0 Å². The minimum absolute atomic E-state index is 0.227. The molecule has 1 heterocycles. The lowest BCUT2D eigenvalue weighted by Crippen LogP contribution is -2.10. The van der Waals surface area contributed by atoms with Gasteiger partial charge < -0.3 is 13.9 Å². The van der Waals surface area contributed by atoms with Gasteiger partial charge in [-0.1, -0.05) is 6.92 Å². The third-order valence-electron chi connectivity index (χ3n) is 2.69. The van der Waals surface area contributed by atoms with E-state index in [9.17, 15) is 4.79 Å². The fraction of sp³-hybridized carbons (Fsp3) is 0.357. The molecule has 1 unspecified atom stereocenters. The number of hydrogen-bond acceptors (Lipinski definition) is 4. The molecule has 0 bridgehead atoms. The second-order valence-corrected chi connectivity index (χ2v) is 4.67. The van der Waals surface area contributed by atoms with Gasteiger partial charge in [0.1, 0.15) is 5.58 Å². The Kier molecular flexibility index (Phi) is 4.32. The molecule has 0 saturated carbocycles. The maximum Gasteiger partial charge on any atom is 0.336 e. The van der Waals surface area contributed by atoms with E-state index >= 15 is 0 Å². The Morgan fingerprint density at radius 2 is 2.11 bits per heavy atom. The molecule has 19 heavy (non-hydrogen) atoms. The maximum absolute atomic E-state index is 11.2. The molecule has 1 atom stereocenters. The second-order valence-electron chi connectivity index (χ2n) is 4.37. The lowest BCUT2D eigenvalue weighted by Gasteiger charge is -2.13. The molecule has 1 aromatic heterocycles. The summed E-state index contributed by atoms with van der Waals surface area (Å²) in [6.07, 6.45) is 0. The standard InChI is InChI=1S/C14H15ClO4/c1-9(7-15)8-18-13-6-11-10(5-12(13)17-2)3-4-14(16)19-11/h3-6,9H,7-8H2,1-2H3. The van der Waals surface area contributed by atoms with E-state index in [0.29, 0.717) is 29.6 Å². The normalized spacial score (nSPS) is 12.4. The Labute approximate surface area is 115 Å². The van der Waals surface area contributed by atoms with Crippen LogP contribution in [0.5, 0.6) is 11.5 Å². The van der Waals surface area contributed by atoms with Gasteiger partial charge in [-0.15, -0.1) is 11.6 Å². The number of benzene rings is 1. The molecular weight excluding hydrogens is 268 g/mol. The molecule has 4 nitrogen and oxygen atoms in total. The van der Waals surface area contributed by atoms with Crippen LogP contribution in [0.25, 0.3) is 11.0 Å². The van der Waals surface area contributed by atoms with Gasteiger partial charge in [0.2, 0.25) is 0 Å². The number of fused-ring (bicyclic) bond motifs is 1. The van der Waals surface area contributed by atoms with Crippen LogP contribution in [-0.2, 0) is 0 Å². The molecule has 0 radical (unpaired) electrons. The summed E-state index contributed by atoms with van der Waals surface area (Å²) < 4.78 is 16.0. The summed E-state index contributed by atoms with van der Waals surface area (Å²) in [6, 6.07) is 6.50. The molecule has 1 aromatic carbocycles. The van der Waals surface area contributed by atoms with Crippen LogP contribution < -0.4 is 15.1 Å². The van der Waals surface area contributed by atoms with Gasteiger partial charge in [-0.05, 0) is 12.1 Å². The van der Waals surface area contributed by atoms with Crippen LogP contribution in [0, 0.1) is 5.92 Å². The second kappa shape index (κ2) is 5.97. The van der Waals surface area contributed by atoms with E-state index < -0.39 is 5.63 Å². The molecule has 0 spiro atoms. The minimum atomic E-state index is -0.391. The van der Waals surface area contributed by atoms with Crippen molar-refractivity contribution in [2.45, 2.75) is 6.92 Å². The van der Waals surface area contributed by atoms with Gasteiger partial charge in [0, 0.05) is 29.3 Å². The Bertz CT molecular complexity index is 620. The largest absolute Gasteiger partial charge is 0.493 e. The Hall–Kier alpha value is -1.68. The Morgan fingerprint density at radius 1 is 1.32 bits per heavy atom. The molecule has 0 aliphatic heterocycles. The zero-order valence-corrected chi connectivity index (χ0v) is 11.6. The van der Waals surface area contributed by atoms with E-state index in [1.54, 1.807) is 25.3 Å². The van der Waals surface area contributed by atoms with Crippen molar-refractivity contribution in [2.24, 2.45) is 5.92 Å². The van der Waals surface area contributed by atoms with Crippen molar-refractivity contribution in [2.75, 3.05) is 19.6 Å². The number of alkyl halides is 1. The lowest BCUT2D eigenvalue weighted by molar-refractivity contribution is 0.258. The molecule has 0 aliphatic carbocycles. The van der Waals surface area contributed by atoms with E-state index in [2.05, 4.69) is 0 Å². The monoisotopic (exact) mass is 282 g/mol. The summed E-state index contributed by atoms with van der Waals surface area (Å²) in [5.74, 6) is 1.89. The van der Waals surface area contributed by atoms with E-state index in [0.717, 1.165) is 5.39 Å². The van der Waals surface area contributed by atoms with Gasteiger partial charge in [-0.3, -0.25) is 0 Å². The maximum atomic E-state index is 11.2. The fourth-order valence-electron chi connectivity index (χ4n) is 1.62. The Morgan fingerprint density at radius 3 is 2.79 bits per heavy atom. The third kappa shape index (κ3) is 3.20. The first-order valence-corrected chi connectivity index (χ1v) is 6.48. The molecule has 0 N–H and O–H groups in total. The van der Waals surface area contributed by atoms with Crippen molar-refractivity contribution in [1.82, 2.24) is 0 Å². The van der Waals surface area contributed by atoms with Crippen molar-refractivity contribution >= 4 is 22.6 Å². The zero-order chi connectivity index (χ0) is 13.8. The Balaban J connectivity index is 2.37. The van der Waals surface area contributed by atoms with Gasteiger partial charge in [-0.25, -0.2) is 4.79 Å². The molecule has 2 aromatic rings. The number of halogens is 1. The number of ether oxygens (including phenoxy) is 2. The average molecular weight is 283 g/mol. The summed E-state index contributed by atoms with van der Waals surface area (Å²) in [5, 5.41) is 0.786. The molecule has 0 amide bonds. The van der Waals surface area contributed by atoms with Crippen molar-refractivity contribution in [1.29, 1.82) is 0 Å². The first-order chi connectivity index (χ1) is 9.13. The number of methoxy groups -OCH3 is 1. The van der Waals surface area contributed by atoms with Crippen molar-refractivity contribution < 1.29 is 13.9 Å². The van der Waals surface area contributed by atoms with Gasteiger partial charge >= 0.3 is 5.63 Å². The summed E-state index contributed by atoms with van der Waals surface area (Å²) in [6.45, 7) is 2.46.